The van der Waals surface area contributed by atoms with Crippen LogP contribution in [0.15, 0.2) is 12.2 Å². The number of likely N-dealkylation sites (tertiary alicyclic amines) is 1. The number of aliphatic hydroxyl groups is 2. The molecule has 12 N–H and O–H groups in total. The van der Waals surface area contributed by atoms with Crippen molar-refractivity contribution in [2.75, 3.05) is 26.7 Å². The number of carbonyl (C=O) groups is 11. The second-order valence-electron chi connectivity index (χ2n) is 26.4. The molecule has 86 heavy (non-hydrogen) atoms. The molecule has 24 nitrogen and oxygen atoms in total. The second kappa shape index (κ2) is 37.2. The van der Waals surface area contributed by atoms with Gasteiger partial charge in [0, 0.05) is 44.9 Å². The average Bonchev–Trinajstić information content (AvgIpc) is 2.88. The predicted molar refractivity (Wildman–Crippen MR) is 333 cm³/mol. The number of nitrogens with one attached hydrogen (secondary N) is 10. The van der Waals surface area contributed by atoms with Gasteiger partial charge in [0.25, 0.3) is 0 Å². The standard InChI is InChI=1S/C61H109N11O13.ClH/c1-20-37(9)22-23-48(76)72-33-39(11)30-46(72)54(81)66-45(29-38(10)28-42(74)31-41(73)21-2)52(79)68-49(50(77)36(7)8)55(82)70-60(15,16)57(84)67-43(26-34(3)4)51(78)65-44(27-35(5)6)53(80)69-61(17,18)58(85)71-59(13,14)56(83)63-25-24-47(75)64-40(12)32-62-19;/h22-23,34-40,42-46,49-50,62,74,77H,20-21,24-33H2,1-19H3,(H,63,83)(H,64,75)(H,65,78)(H,66,81)(H,67,84)(H,68,79)(H,69,80)(H,70,82)(H,71,85);1H/b23-22+;/t37-,38-,39+,40+,42?,43+,44+,45-,46+,49+,50-;/m1./s1. The fraction of sp³-hybridized carbons (Fsp3) is 0.787. The van der Waals surface area contributed by atoms with Crippen LogP contribution in [0.25, 0.3) is 0 Å². The number of ketones is 1. The lowest BCUT2D eigenvalue weighted by molar-refractivity contribution is -0.140. The summed E-state index contributed by atoms with van der Waals surface area (Å²) in [6.07, 6.45) is 2.06. The molecule has 10 amide bonds. The third-order valence-corrected chi connectivity index (χ3v) is 14.9. The predicted octanol–water partition coefficient (Wildman–Crippen LogP) is 2.36. The van der Waals surface area contributed by atoms with Crippen LogP contribution in [0.1, 0.15) is 182 Å². The van der Waals surface area contributed by atoms with E-state index in [0.717, 1.165) is 6.42 Å². The van der Waals surface area contributed by atoms with Crippen molar-refractivity contribution >= 4 is 77.3 Å². The molecule has 0 aromatic rings. The lowest BCUT2D eigenvalue weighted by Crippen LogP contribution is -2.66. The minimum Gasteiger partial charge on any atom is -0.393 e. The molecule has 1 saturated heterocycles. The molecule has 0 aromatic carbocycles. The van der Waals surface area contributed by atoms with Gasteiger partial charge in [-0.1, -0.05) is 88.7 Å². The van der Waals surface area contributed by atoms with Gasteiger partial charge in [0.05, 0.1) is 12.2 Å². The molecule has 1 aliphatic rings. The maximum atomic E-state index is 14.5. The molecule has 11 atom stereocenters. The summed E-state index contributed by atoms with van der Waals surface area (Å²) >= 11 is 0. The van der Waals surface area contributed by atoms with Crippen LogP contribution in [0.4, 0.5) is 0 Å². The first-order valence-corrected chi connectivity index (χ1v) is 30.5. The monoisotopic (exact) mass is 1240 g/mol. The van der Waals surface area contributed by atoms with Gasteiger partial charge < -0.3 is 68.3 Å². The Morgan fingerprint density at radius 3 is 1.69 bits per heavy atom. The highest BCUT2D eigenvalue weighted by Gasteiger charge is 2.43. The number of carbonyl (C=O) groups excluding carboxylic acids is 11. The highest BCUT2D eigenvalue weighted by atomic mass is 35.5. The number of nitrogens with zero attached hydrogens (tertiary/aromatic N) is 1. The lowest BCUT2D eigenvalue weighted by Gasteiger charge is -2.34. The maximum absolute atomic E-state index is 14.5. The van der Waals surface area contributed by atoms with Crippen LogP contribution in [0.2, 0.25) is 0 Å². The Bertz CT molecular complexity index is 2310. The first kappa shape index (κ1) is 80.3. The molecule has 25 heteroatoms. The smallest absolute Gasteiger partial charge is 0.246 e. The van der Waals surface area contributed by atoms with Crippen molar-refractivity contribution < 1.29 is 63.0 Å². The molecular weight excluding hydrogens is 1130 g/mol. The summed E-state index contributed by atoms with van der Waals surface area (Å²) in [4.78, 5) is 152. The molecule has 1 aliphatic heterocycles. The first-order chi connectivity index (χ1) is 39.2. The van der Waals surface area contributed by atoms with Crippen LogP contribution in [0.3, 0.4) is 0 Å². The fourth-order valence-corrected chi connectivity index (χ4v) is 9.54. The Morgan fingerprint density at radius 1 is 0.628 bits per heavy atom. The number of rotatable bonds is 37. The number of halogens is 1. The van der Waals surface area contributed by atoms with Crippen molar-refractivity contribution in [2.45, 2.75) is 247 Å². The molecule has 1 rings (SSSR count). The van der Waals surface area contributed by atoms with Gasteiger partial charge in [-0.3, -0.25) is 52.7 Å². The van der Waals surface area contributed by atoms with E-state index in [9.17, 15) is 63.0 Å². The summed E-state index contributed by atoms with van der Waals surface area (Å²) < 4.78 is 0. The Kier molecular flexibility index (Phi) is 34.7. The highest BCUT2D eigenvalue weighted by molar-refractivity contribution is 6.00. The summed E-state index contributed by atoms with van der Waals surface area (Å²) in [6.45, 7) is 31.0. The van der Waals surface area contributed by atoms with Gasteiger partial charge in [-0.2, -0.15) is 0 Å². The van der Waals surface area contributed by atoms with E-state index in [2.05, 4.69) is 53.2 Å². The zero-order chi connectivity index (χ0) is 65.5. The van der Waals surface area contributed by atoms with Gasteiger partial charge in [-0.15, -0.1) is 12.4 Å². The number of amides is 10. The molecular formula is C61H110ClN11O13. The molecule has 0 bridgehead atoms. The van der Waals surface area contributed by atoms with Crippen LogP contribution in [0.5, 0.6) is 0 Å². The Morgan fingerprint density at radius 2 is 1.15 bits per heavy atom. The first-order valence-electron chi connectivity index (χ1n) is 30.5. The summed E-state index contributed by atoms with van der Waals surface area (Å²) in [5.41, 5.74) is -4.92. The van der Waals surface area contributed by atoms with Crippen LogP contribution < -0.4 is 53.2 Å². The van der Waals surface area contributed by atoms with Gasteiger partial charge in [0.2, 0.25) is 59.1 Å². The largest absolute Gasteiger partial charge is 0.393 e. The molecule has 0 aliphatic carbocycles. The van der Waals surface area contributed by atoms with Gasteiger partial charge in [-0.05, 0) is 129 Å². The Balaban J connectivity index is 0.0000722. The number of Topliss-reactive ketones (excluding diaryl/α,β-unsaturated/α-hetero) is 1. The molecule has 0 radical (unpaired) electrons. The van der Waals surface area contributed by atoms with E-state index in [-0.39, 0.29) is 111 Å². The topological polar surface area (TPSA) is 352 Å². The van der Waals surface area contributed by atoms with Crippen LogP contribution in [-0.4, -0.2) is 172 Å². The Labute approximate surface area is 518 Å². The molecule has 0 saturated carbocycles. The molecule has 494 valence electrons. The molecule has 1 fully saturated rings. The SMILES string of the molecule is CCC(=O)CC(O)C[C@@H](C)C[C@@H](NC(=O)[C@@H]1C[C@H](C)CN1C(=O)/C=C/[C@H](C)CC)C(=O)N[C@H](C(=O)NC(C)(C)C(=O)N[C@@H](CC(C)C)C(=O)N[C@@H](CC(C)C)C(=O)NC(C)(C)C(=O)NC(C)(C)C(=O)NCCC(=O)N[C@@H](C)CNC)[C@H](O)C(C)C.Cl. The lowest BCUT2D eigenvalue weighted by atomic mass is 9.92. The molecule has 0 spiro atoms. The van der Waals surface area contributed by atoms with Crippen molar-refractivity contribution in [3.05, 3.63) is 12.2 Å². The van der Waals surface area contributed by atoms with Crippen molar-refractivity contribution in [3.8, 4) is 0 Å². The normalized spacial score (nSPS) is 17.8. The summed E-state index contributed by atoms with van der Waals surface area (Å²) in [5, 5.41) is 49.6. The number of likely N-dealkylation sites (N-methyl/N-ethyl adjacent to an activating group) is 1. The van der Waals surface area contributed by atoms with E-state index in [1.165, 1.54) is 52.5 Å². The van der Waals surface area contributed by atoms with E-state index < -0.39 is 118 Å². The van der Waals surface area contributed by atoms with Gasteiger partial charge in [0.1, 0.15) is 52.6 Å². The van der Waals surface area contributed by atoms with Gasteiger partial charge in [0.15, 0.2) is 0 Å². The number of hydrogen-bond donors (Lipinski definition) is 12. The van der Waals surface area contributed by atoms with Crippen molar-refractivity contribution in [1.29, 1.82) is 0 Å². The average molecular weight is 1240 g/mol. The van der Waals surface area contributed by atoms with E-state index in [1.807, 2.05) is 55.4 Å². The third-order valence-electron chi connectivity index (χ3n) is 14.9. The summed E-state index contributed by atoms with van der Waals surface area (Å²) in [5.74, 6) is -8.27. The Hall–Kier alpha value is -5.72. The van der Waals surface area contributed by atoms with E-state index in [4.69, 9.17) is 0 Å². The minimum atomic E-state index is -1.82. The third kappa shape index (κ3) is 28.0. The second-order valence-corrected chi connectivity index (χ2v) is 26.4. The highest BCUT2D eigenvalue weighted by Crippen LogP contribution is 2.25. The minimum absolute atomic E-state index is 0. The maximum Gasteiger partial charge on any atom is 0.246 e. The van der Waals surface area contributed by atoms with Gasteiger partial charge in [-0.25, -0.2) is 0 Å². The molecule has 1 unspecified atom stereocenters. The van der Waals surface area contributed by atoms with E-state index in [1.54, 1.807) is 40.8 Å². The number of aliphatic hydroxyl groups excluding tert-OH is 2. The fourth-order valence-electron chi connectivity index (χ4n) is 9.54. The number of hydrogen-bond acceptors (Lipinski definition) is 14. The van der Waals surface area contributed by atoms with E-state index in [0.29, 0.717) is 19.5 Å². The van der Waals surface area contributed by atoms with Crippen molar-refractivity contribution in [1.82, 2.24) is 58.1 Å². The van der Waals surface area contributed by atoms with Crippen LogP contribution in [0, 0.1) is 35.5 Å². The summed E-state index contributed by atoms with van der Waals surface area (Å²) in [6, 6.07) is -6.63. The zero-order valence-corrected chi connectivity index (χ0v) is 55.8. The molecule has 0 aromatic heterocycles. The zero-order valence-electron chi connectivity index (χ0n) is 55.0. The quantitative estimate of drug-likeness (QED) is 0.0398. The molecule has 1 heterocycles. The number of allylic oxidation sites excluding steroid dienone is 1. The van der Waals surface area contributed by atoms with Crippen molar-refractivity contribution in [2.24, 2.45) is 35.5 Å². The summed E-state index contributed by atoms with van der Waals surface area (Å²) in [7, 11) is 1.76. The van der Waals surface area contributed by atoms with E-state index >= 15 is 0 Å². The van der Waals surface area contributed by atoms with Crippen LogP contribution >= 0.6 is 12.4 Å². The van der Waals surface area contributed by atoms with Crippen LogP contribution in [-0.2, 0) is 52.7 Å². The van der Waals surface area contributed by atoms with Gasteiger partial charge >= 0.3 is 0 Å². The van der Waals surface area contributed by atoms with Crippen molar-refractivity contribution in [3.63, 3.8) is 0 Å².